The molecule has 1 aliphatic heterocycles. The number of anilines is 1. The van der Waals surface area contributed by atoms with Gasteiger partial charge in [-0.25, -0.2) is 0 Å². The van der Waals surface area contributed by atoms with Crippen molar-refractivity contribution in [3.05, 3.63) is 29.3 Å². The zero-order valence-corrected chi connectivity index (χ0v) is 13.2. The van der Waals surface area contributed by atoms with Crippen molar-refractivity contribution in [2.45, 2.75) is 39.7 Å². The maximum atomic E-state index is 11.2. The van der Waals surface area contributed by atoms with Crippen molar-refractivity contribution < 1.29 is 4.79 Å². The fraction of sp³-hybridized carbons (Fsp3) is 0.588. The normalized spacial score (nSPS) is 16.2. The summed E-state index contributed by atoms with van der Waals surface area (Å²) in [7, 11) is 0. The molecule has 1 saturated heterocycles. The van der Waals surface area contributed by atoms with Crippen LogP contribution >= 0.6 is 0 Å². The third kappa shape index (κ3) is 4.21. The summed E-state index contributed by atoms with van der Waals surface area (Å²) in [5.74, 6) is -0.0946. The Morgan fingerprint density at radius 3 is 2.67 bits per heavy atom. The zero-order chi connectivity index (χ0) is 15.2. The number of hydrogen-bond acceptors (Lipinski definition) is 3. The molecule has 0 saturated carbocycles. The summed E-state index contributed by atoms with van der Waals surface area (Å²) < 4.78 is 0. The van der Waals surface area contributed by atoms with Gasteiger partial charge < -0.3 is 16.0 Å². The highest BCUT2D eigenvalue weighted by molar-refractivity contribution is 5.77. The van der Waals surface area contributed by atoms with Crippen molar-refractivity contribution in [1.29, 1.82) is 0 Å². The number of nitrogens with zero attached hydrogens (tertiary/aromatic N) is 1. The highest BCUT2D eigenvalue weighted by atomic mass is 16.1. The Morgan fingerprint density at radius 2 is 2.10 bits per heavy atom. The molecule has 0 atom stereocenters. The largest absolute Gasteiger partial charge is 0.371 e. The first-order valence-electron chi connectivity index (χ1n) is 7.96. The topological polar surface area (TPSA) is 58.4 Å². The summed E-state index contributed by atoms with van der Waals surface area (Å²) in [6.07, 6.45) is 2.90. The number of nitrogens with two attached hydrogens (primary N) is 1. The van der Waals surface area contributed by atoms with E-state index >= 15 is 0 Å². The molecule has 1 aromatic carbocycles. The number of carbonyl (C=O) groups is 1. The van der Waals surface area contributed by atoms with E-state index in [2.05, 4.69) is 42.3 Å². The summed E-state index contributed by atoms with van der Waals surface area (Å²) in [6.45, 7) is 8.17. The maximum absolute atomic E-state index is 11.2. The second-order valence-corrected chi connectivity index (χ2v) is 5.96. The maximum Gasteiger partial charge on any atom is 0.220 e. The van der Waals surface area contributed by atoms with Gasteiger partial charge in [-0.15, -0.1) is 0 Å². The molecule has 1 heterocycles. The fourth-order valence-corrected chi connectivity index (χ4v) is 3.00. The van der Waals surface area contributed by atoms with E-state index in [1.807, 2.05) is 0 Å². The Kier molecular flexibility index (Phi) is 5.62. The molecule has 0 aromatic heterocycles. The summed E-state index contributed by atoms with van der Waals surface area (Å²) >= 11 is 0. The Hall–Kier alpha value is -1.55. The van der Waals surface area contributed by atoms with E-state index in [-0.39, 0.29) is 11.8 Å². The van der Waals surface area contributed by atoms with Crippen LogP contribution in [-0.2, 0) is 11.3 Å². The minimum absolute atomic E-state index is 0.0547. The molecule has 4 nitrogen and oxygen atoms in total. The number of benzene rings is 1. The first-order chi connectivity index (χ1) is 10.1. The lowest BCUT2D eigenvalue weighted by Gasteiger charge is -2.33. The zero-order valence-electron chi connectivity index (χ0n) is 13.2. The van der Waals surface area contributed by atoms with Crippen LogP contribution in [0, 0.1) is 12.8 Å². The van der Waals surface area contributed by atoms with Crippen molar-refractivity contribution in [3.63, 3.8) is 0 Å². The van der Waals surface area contributed by atoms with Gasteiger partial charge in [0, 0.05) is 31.2 Å². The monoisotopic (exact) mass is 289 g/mol. The lowest BCUT2D eigenvalue weighted by atomic mass is 9.95. The van der Waals surface area contributed by atoms with Crippen LogP contribution in [0.25, 0.3) is 0 Å². The second-order valence-electron chi connectivity index (χ2n) is 5.96. The minimum atomic E-state index is -0.149. The third-order valence-corrected chi connectivity index (χ3v) is 4.26. The van der Waals surface area contributed by atoms with Crippen molar-refractivity contribution in [3.8, 4) is 0 Å². The molecular weight excluding hydrogens is 262 g/mol. The lowest BCUT2D eigenvalue weighted by molar-refractivity contribution is -0.122. The third-order valence-electron chi connectivity index (χ3n) is 4.26. The Bertz CT molecular complexity index is 479. The molecule has 0 aliphatic carbocycles. The number of piperidine rings is 1. The van der Waals surface area contributed by atoms with Crippen LogP contribution in [0.1, 0.15) is 37.3 Å². The van der Waals surface area contributed by atoms with E-state index < -0.39 is 0 Å². The van der Waals surface area contributed by atoms with Crippen molar-refractivity contribution in [1.82, 2.24) is 5.32 Å². The first-order valence-corrected chi connectivity index (χ1v) is 7.96. The predicted molar refractivity (Wildman–Crippen MR) is 87.3 cm³/mol. The van der Waals surface area contributed by atoms with Gasteiger partial charge in [0.15, 0.2) is 0 Å². The van der Waals surface area contributed by atoms with Gasteiger partial charge in [0.2, 0.25) is 5.91 Å². The smallest absolute Gasteiger partial charge is 0.220 e. The molecule has 0 radical (unpaired) electrons. The van der Waals surface area contributed by atoms with E-state index in [4.69, 9.17) is 5.73 Å². The summed E-state index contributed by atoms with van der Waals surface area (Å²) in [5, 5.41) is 3.43. The second kappa shape index (κ2) is 7.46. The van der Waals surface area contributed by atoms with E-state index in [1.54, 1.807) is 0 Å². The molecule has 1 amide bonds. The van der Waals surface area contributed by atoms with E-state index in [1.165, 1.54) is 16.8 Å². The number of primary amides is 1. The summed E-state index contributed by atoms with van der Waals surface area (Å²) in [6, 6.07) is 6.67. The van der Waals surface area contributed by atoms with E-state index in [0.717, 1.165) is 45.4 Å². The predicted octanol–water partition coefficient (Wildman–Crippen LogP) is 2.20. The van der Waals surface area contributed by atoms with Crippen LogP contribution in [0.3, 0.4) is 0 Å². The number of rotatable bonds is 6. The van der Waals surface area contributed by atoms with Gasteiger partial charge in [0.05, 0.1) is 0 Å². The van der Waals surface area contributed by atoms with Gasteiger partial charge in [-0.2, -0.15) is 0 Å². The van der Waals surface area contributed by atoms with Gasteiger partial charge >= 0.3 is 0 Å². The number of nitrogens with one attached hydrogen (secondary N) is 1. The molecule has 0 unspecified atom stereocenters. The number of amides is 1. The van der Waals surface area contributed by atoms with E-state index in [0.29, 0.717) is 0 Å². The van der Waals surface area contributed by atoms with Crippen molar-refractivity contribution >= 4 is 11.6 Å². The molecule has 0 spiro atoms. The molecule has 1 fully saturated rings. The van der Waals surface area contributed by atoms with Crippen LogP contribution in [-0.4, -0.2) is 25.5 Å². The highest BCUT2D eigenvalue weighted by Crippen LogP contribution is 2.26. The minimum Gasteiger partial charge on any atom is -0.371 e. The van der Waals surface area contributed by atoms with Gasteiger partial charge in [-0.05, 0) is 49.9 Å². The Labute approximate surface area is 127 Å². The van der Waals surface area contributed by atoms with Crippen LogP contribution < -0.4 is 16.0 Å². The molecule has 116 valence electrons. The van der Waals surface area contributed by atoms with Gasteiger partial charge in [-0.3, -0.25) is 4.79 Å². The summed E-state index contributed by atoms with van der Waals surface area (Å²) in [4.78, 5) is 13.6. The van der Waals surface area contributed by atoms with Crippen molar-refractivity contribution in [2.24, 2.45) is 11.7 Å². The average molecular weight is 289 g/mol. The lowest BCUT2D eigenvalue weighted by Crippen LogP contribution is -2.38. The molecular formula is C17H27N3O. The molecule has 3 N–H and O–H groups in total. The molecule has 21 heavy (non-hydrogen) atoms. The van der Waals surface area contributed by atoms with Crippen LogP contribution in [0.15, 0.2) is 18.2 Å². The van der Waals surface area contributed by atoms with Crippen LogP contribution in [0.4, 0.5) is 5.69 Å². The number of aryl methyl sites for hydroxylation is 1. The van der Waals surface area contributed by atoms with Crippen LogP contribution in [0.5, 0.6) is 0 Å². The van der Waals surface area contributed by atoms with Gasteiger partial charge in [0.25, 0.3) is 0 Å². The molecule has 1 aromatic rings. The molecule has 4 heteroatoms. The average Bonchev–Trinajstić information content (AvgIpc) is 2.48. The molecule has 0 bridgehead atoms. The van der Waals surface area contributed by atoms with E-state index in [9.17, 15) is 4.79 Å². The Balaban J connectivity index is 1.96. The fourth-order valence-electron chi connectivity index (χ4n) is 3.00. The summed E-state index contributed by atoms with van der Waals surface area (Å²) in [5.41, 5.74) is 9.32. The number of hydrogen-bond donors (Lipinski definition) is 2. The molecule has 1 aliphatic rings. The van der Waals surface area contributed by atoms with Crippen molar-refractivity contribution in [2.75, 3.05) is 24.5 Å². The quantitative estimate of drug-likeness (QED) is 0.789. The standard InChI is InChI=1S/C17H27N3O/c1-3-8-19-12-14-4-5-16(13(2)11-14)20-9-6-15(7-10-20)17(18)21/h4-5,11,15,19H,3,6-10,12H2,1-2H3,(H2,18,21). The number of carbonyl (C=O) groups excluding carboxylic acids is 1. The SMILES string of the molecule is CCCNCc1ccc(N2CCC(C(N)=O)CC2)c(C)c1. The van der Waals surface area contributed by atoms with Gasteiger partial charge in [0.1, 0.15) is 0 Å². The Morgan fingerprint density at radius 1 is 1.38 bits per heavy atom. The molecule has 2 rings (SSSR count). The first kappa shape index (κ1) is 15.8. The van der Waals surface area contributed by atoms with Gasteiger partial charge in [-0.1, -0.05) is 19.1 Å². The van der Waals surface area contributed by atoms with Crippen LogP contribution in [0.2, 0.25) is 0 Å². The highest BCUT2D eigenvalue weighted by Gasteiger charge is 2.23.